The predicted octanol–water partition coefficient (Wildman–Crippen LogP) is 4.11. The number of hydrogen-bond donors (Lipinski definition) is 0. The van der Waals surface area contributed by atoms with E-state index in [9.17, 15) is 0 Å². The van der Waals surface area contributed by atoms with Gasteiger partial charge in [-0.1, -0.05) is 32.9 Å². The Hall–Kier alpha value is -0.283. The van der Waals surface area contributed by atoms with Crippen LogP contribution in [0.4, 0.5) is 0 Å². The van der Waals surface area contributed by atoms with Crippen molar-refractivity contribution >= 4 is 25.0 Å². The molecule has 0 atom stereocenters. The fraction of sp³-hybridized carbons (Fsp3) is 0.500. The molecule has 0 aliphatic heterocycles. The van der Waals surface area contributed by atoms with E-state index in [0.717, 1.165) is 10.2 Å². The molecule has 1 aromatic rings. The Labute approximate surface area is 103 Å². The maximum atomic E-state index is 5.99. The number of halogens is 1. The quantitative estimate of drug-likeness (QED) is 0.744. The summed E-state index contributed by atoms with van der Waals surface area (Å²) in [5.74, 6) is 1.03. The molecule has 15 heavy (non-hydrogen) atoms. The molecule has 0 spiro atoms. The van der Waals surface area contributed by atoms with Crippen LogP contribution in [0.5, 0.6) is 5.75 Å². The topological polar surface area (TPSA) is 9.23 Å². The molecule has 0 amide bonds. The van der Waals surface area contributed by atoms with Crippen molar-refractivity contribution in [2.45, 2.75) is 39.3 Å². The molecule has 0 aliphatic carbocycles. The van der Waals surface area contributed by atoms with Crippen LogP contribution in [-0.2, 0) is 5.41 Å². The molecule has 0 bridgehead atoms. The van der Waals surface area contributed by atoms with Crippen molar-refractivity contribution in [2.75, 3.05) is 0 Å². The molecule has 0 fully saturated rings. The molecule has 0 aliphatic rings. The number of hydrogen-bond acceptors (Lipinski definition) is 1. The van der Waals surface area contributed by atoms with Gasteiger partial charge in [-0.05, 0) is 46.1 Å². The van der Waals surface area contributed by atoms with Crippen molar-refractivity contribution in [1.29, 1.82) is 0 Å². The van der Waals surface area contributed by atoms with Crippen molar-refractivity contribution in [2.24, 2.45) is 0 Å². The molecular weight excluding hydrogens is 268 g/mol. The van der Waals surface area contributed by atoms with Gasteiger partial charge in [0.15, 0.2) is 0 Å². The molecule has 84 valence electrons. The zero-order valence-corrected chi connectivity index (χ0v) is 12.8. The number of rotatable bonds is 2. The standard InChI is InChI=1S/C12H19BrOSi/c1-12(2,3)9-7-6-8-10(13)11(9)14-15(4)5/h6-8,15H,1-5H3. The SMILES string of the molecule is C[SiH](C)Oc1c(Br)cccc1C(C)(C)C. The minimum absolute atomic E-state index is 0.127. The highest BCUT2D eigenvalue weighted by molar-refractivity contribution is 9.10. The van der Waals surface area contributed by atoms with Crippen LogP contribution in [0.15, 0.2) is 22.7 Å². The Morgan fingerprint density at radius 3 is 2.27 bits per heavy atom. The summed E-state index contributed by atoms with van der Waals surface area (Å²) in [5.41, 5.74) is 1.40. The smallest absolute Gasteiger partial charge is 0.229 e. The maximum Gasteiger partial charge on any atom is 0.229 e. The fourth-order valence-corrected chi connectivity index (χ4v) is 2.81. The van der Waals surface area contributed by atoms with Crippen molar-refractivity contribution in [1.82, 2.24) is 0 Å². The average molecular weight is 287 g/mol. The lowest BCUT2D eigenvalue weighted by atomic mass is 9.86. The van der Waals surface area contributed by atoms with E-state index in [1.165, 1.54) is 5.56 Å². The Kier molecular flexibility index (Phi) is 4.01. The molecule has 0 saturated carbocycles. The van der Waals surface area contributed by atoms with Gasteiger partial charge in [-0.15, -0.1) is 0 Å². The Morgan fingerprint density at radius 1 is 1.20 bits per heavy atom. The second-order valence-electron chi connectivity index (χ2n) is 5.03. The molecular formula is C12H19BrOSi. The zero-order valence-electron chi connectivity index (χ0n) is 10.1. The average Bonchev–Trinajstić information content (AvgIpc) is 2.05. The van der Waals surface area contributed by atoms with E-state index in [1.54, 1.807) is 0 Å². The third kappa shape index (κ3) is 3.35. The Bertz CT molecular complexity index is 342. The van der Waals surface area contributed by atoms with Gasteiger partial charge in [0.25, 0.3) is 0 Å². The van der Waals surface area contributed by atoms with Crippen LogP contribution < -0.4 is 4.43 Å². The van der Waals surface area contributed by atoms with Crippen LogP contribution in [0.25, 0.3) is 0 Å². The van der Waals surface area contributed by atoms with Crippen molar-refractivity contribution in [3.05, 3.63) is 28.2 Å². The van der Waals surface area contributed by atoms with Gasteiger partial charge in [0.1, 0.15) is 5.75 Å². The molecule has 0 radical (unpaired) electrons. The lowest BCUT2D eigenvalue weighted by molar-refractivity contribution is 0.518. The van der Waals surface area contributed by atoms with E-state index in [2.05, 4.69) is 61.9 Å². The molecule has 1 rings (SSSR count). The Morgan fingerprint density at radius 2 is 1.80 bits per heavy atom. The van der Waals surface area contributed by atoms with E-state index in [-0.39, 0.29) is 5.41 Å². The minimum Gasteiger partial charge on any atom is -0.546 e. The summed E-state index contributed by atoms with van der Waals surface area (Å²) in [6, 6.07) is 6.26. The lowest BCUT2D eigenvalue weighted by Crippen LogP contribution is -2.18. The van der Waals surface area contributed by atoms with Gasteiger partial charge in [-0.3, -0.25) is 0 Å². The van der Waals surface area contributed by atoms with E-state index in [1.807, 2.05) is 6.07 Å². The summed E-state index contributed by atoms with van der Waals surface area (Å²) in [7, 11) is -1.06. The van der Waals surface area contributed by atoms with Crippen molar-refractivity contribution in [3.63, 3.8) is 0 Å². The van der Waals surface area contributed by atoms with E-state index in [0.29, 0.717) is 0 Å². The lowest BCUT2D eigenvalue weighted by Gasteiger charge is -2.25. The summed E-state index contributed by atoms with van der Waals surface area (Å²) in [6.07, 6.45) is 0. The third-order valence-corrected chi connectivity index (χ3v) is 3.46. The summed E-state index contributed by atoms with van der Waals surface area (Å²) < 4.78 is 7.06. The molecule has 1 aromatic carbocycles. The van der Waals surface area contributed by atoms with Crippen LogP contribution >= 0.6 is 15.9 Å². The molecule has 0 saturated heterocycles. The largest absolute Gasteiger partial charge is 0.546 e. The second kappa shape index (κ2) is 4.70. The molecule has 0 heterocycles. The minimum atomic E-state index is -1.06. The first-order valence-corrected chi connectivity index (χ1v) is 8.85. The Balaban J connectivity index is 3.21. The van der Waals surface area contributed by atoms with Crippen LogP contribution in [0, 0.1) is 0 Å². The van der Waals surface area contributed by atoms with Crippen LogP contribution in [0.2, 0.25) is 13.1 Å². The van der Waals surface area contributed by atoms with Gasteiger partial charge in [0.05, 0.1) is 4.47 Å². The summed E-state index contributed by atoms with van der Waals surface area (Å²) >= 11 is 3.57. The highest BCUT2D eigenvalue weighted by Crippen LogP contribution is 2.37. The summed E-state index contributed by atoms with van der Waals surface area (Å²) in [5, 5.41) is 0. The van der Waals surface area contributed by atoms with E-state index < -0.39 is 9.04 Å². The second-order valence-corrected chi connectivity index (χ2v) is 8.22. The fourth-order valence-electron chi connectivity index (χ4n) is 1.45. The highest BCUT2D eigenvalue weighted by atomic mass is 79.9. The highest BCUT2D eigenvalue weighted by Gasteiger charge is 2.20. The third-order valence-electron chi connectivity index (χ3n) is 2.13. The first kappa shape index (κ1) is 12.8. The normalized spacial score (nSPS) is 11.9. The molecule has 1 nitrogen and oxygen atoms in total. The number of para-hydroxylation sites is 1. The van der Waals surface area contributed by atoms with Crippen LogP contribution in [-0.4, -0.2) is 9.04 Å². The van der Waals surface area contributed by atoms with Gasteiger partial charge >= 0.3 is 0 Å². The zero-order chi connectivity index (χ0) is 11.6. The molecule has 0 aromatic heterocycles. The summed E-state index contributed by atoms with van der Waals surface area (Å²) in [6.45, 7) is 11.0. The summed E-state index contributed by atoms with van der Waals surface area (Å²) in [4.78, 5) is 0. The van der Waals surface area contributed by atoms with Gasteiger partial charge in [-0.2, -0.15) is 0 Å². The van der Waals surface area contributed by atoms with Gasteiger partial charge in [0, 0.05) is 0 Å². The first-order chi connectivity index (χ1) is 6.82. The van der Waals surface area contributed by atoms with Crippen molar-refractivity contribution in [3.8, 4) is 5.75 Å². The van der Waals surface area contributed by atoms with Crippen LogP contribution in [0.3, 0.4) is 0 Å². The van der Waals surface area contributed by atoms with Gasteiger partial charge in [-0.25, -0.2) is 0 Å². The molecule has 0 N–H and O–H groups in total. The maximum absolute atomic E-state index is 5.99. The van der Waals surface area contributed by atoms with Crippen molar-refractivity contribution < 1.29 is 4.43 Å². The van der Waals surface area contributed by atoms with Gasteiger partial charge < -0.3 is 4.43 Å². The number of benzene rings is 1. The monoisotopic (exact) mass is 286 g/mol. The van der Waals surface area contributed by atoms with Crippen LogP contribution in [0.1, 0.15) is 26.3 Å². The first-order valence-electron chi connectivity index (χ1n) is 5.28. The van der Waals surface area contributed by atoms with Gasteiger partial charge in [0.2, 0.25) is 9.04 Å². The molecule has 3 heteroatoms. The predicted molar refractivity (Wildman–Crippen MR) is 72.3 cm³/mol. The van der Waals surface area contributed by atoms with E-state index >= 15 is 0 Å². The van der Waals surface area contributed by atoms with E-state index in [4.69, 9.17) is 4.43 Å². The molecule has 0 unspecified atom stereocenters.